The van der Waals surface area contributed by atoms with Gasteiger partial charge in [0.2, 0.25) is 6.79 Å². The molecule has 30 heavy (non-hydrogen) atoms. The number of nitrogens with one attached hydrogen (secondary N) is 1. The molecule has 0 aliphatic carbocycles. The van der Waals surface area contributed by atoms with Crippen molar-refractivity contribution in [2.24, 2.45) is 0 Å². The van der Waals surface area contributed by atoms with Gasteiger partial charge < -0.3 is 25.4 Å². The summed E-state index contributed by atoms with van der Waals surface area (Å²) in [4.78, 5) is 13.5. The first-order valence-electron chi connectivity index (χ1n) is 10.0. The second kappa shape index (κ2) is 8.08. The number of ether oxygens (including phenoxy) is 2. The Kier molecular flexibility index (Phi) is 4.98. The largest absolute Gasteiger partial charge is 0.454 e. The Bertz CT molecular complexity index is 1020. The molecule has 3 N–H and O–H groups in total. The topological polar surface area (TPSA) is 88.8 Å². The fraction of sp³-hybridized carbons (Fsp3) is 0.273. The molecule has 2 aliphatic rings. The zero-order valence-electron chi connectivity index (χ0n) is 16.6. The lowest BCUT2D eigenvalue weighted by Crippen LogP contribution is -2.46. The Morgan fingerprint density at radius 3 is 2.57 bits per heavy atom. The first kappa shape index (κ1) is 18.5. The van der Waals surface area contributed by atoms with Crippen LogP contribution in [0, 0.1) is 0 Å². The molecule has 1 fully saturated rings. The van der Waals surface area contributed by atoms with E-state index in [1.165, 1.54) is 5.56 Å². The van der Waals surface area contributed by atoms with Crippen molar-refractivity contribution in [3.63, 3.8) is 0 Å². The highest BCUT2D eigenvalue weighted by molar-refractivity contribution is 5.78. The SMILES string of the molecule is Nc1c(Nc2ccc3c(c2)OCO3)ncnc1N1CCN(Cc2ccccc2)CC1. The van der Waals surface area contributed by atoms with E-state index in [1.54, 1.807) is 6.33 Å². The smallest absolute Gasteiger partial charge is 0.231 e. The van der Waals surface area contributed by atoms with E-state index in [2.05, 4.69) is 55.4 Å². The van der Waals surface area contributed by atoms with Crippen LogP contribution in [-0.4, -0.2) is 47.8 Å². The molecule has 0 bridgehead atoms. The fourth-order valence-corrected chi connectivity index (χ4v) is 3.81. The van der Waals surface area contributed by atoms with E-state index in [4.69, 9.17) is 15.2 Å². The Hall–Kier alpha value is -3.52. The molecule has 1 aromatic heterocycles. The number of benzene rings is 2. The summed E-state index contributed by atoms with van der Waals surface area (Å²) in [6.45, 7) is 4.88. The van der Waals surface area contributed by atoms with Gasteiger partial charge in [-0.25, -0.2) is 9.97 Å². The van der Waals surface area contributed by atoms with Gasteiger partial charge in [0.05, 0.1) is 0 Å². The number of fused-ring (bicyclic) bond motifs is 1. The predicted octanol–water partition coefficient (Wildman–Crippen LogP) is 2.85. The maximum absolute atomic E-state index is 6.43. The molecule has 1 saturated heterocycles. The summed E-state index contributed by atoms with van der Waals surface area (Å²) in [5.41, 5.74) is 9.15. The zero-order chi connectivity index (χ0) is 20.3. The second-order valence-corrected chi connectivity index (χ2v) is 7.40. The van der Waals surface area contributed by atoms with Gasteiger partial charge in [-0.15, -0.1) is 0 Å². The molecular weight excluding hydrogens is 380 g/mol. The lowest BCUT2D eigenvalue weighted by Gasteiger charge is -2.36. The average Bonchev–Trinajstić information content (AvgIpc) is 3.25. The molecule has 0 amide bonds. The number of rotatable bonds is 5. The van der Waals surface area contributed by atoms with Crippen molar-refractivity contribution < 1.29 is 9.47 Å². The van der Waals surface area contributed by atoms with Gasteiger partial charge in [-0.2, -0.15) is 0 Å². The number of anilines is 4. The van der Waals surface area contributed by atoms with Crippen LogP contribution < -0.4 is 25.4 Å². The number of hydrogen-bond donors (Lipinski definition) is 2. The highest BCUT2D eigenvalue weighted by Crippen LogP contribution is 2.36. The van der Waals surface area contributed by atoms with Crippen LogP contribution in [0.15, 0.2) is 54.9 Å². The van der Waals surface area contributed by atoms with Gasteiger partial charge in [0, 0.05) is 44.5 Å². The standard InChI is InChI=1S/C22H24N6O2/c23-20-21(26-17-6-7-18-19(12-17)30-15-29-18)24-14-25-22(20)28-10-8-27(9-11-28)13-16-4-2-1-3-5-16/h1-7,12,14H,8-11,13,15,23H2,(H,24,25,26). The van der Waals surface area contributed by atoms with E-state index >= 15 is 0 Å². The van der Waals surface area contributed by atoms with Crippen LogP contribution in [0.1, 0.15) is 5.56 Å². The highest BCUT2D eigenvalue weighted by atomic mass is 16.7. The van der Waals surface area contributed by atoms with Crippen molar-refractivity contribution in [1.82, 2.24) is 14.9 Å². The molecule has 0 spiro atoms. The van der Waals surface area contributed by atoms with Gasteiger partial charge in [0.25, 0.3) is 0 Å². The van der Waals surface area contributed by atoms with E-state index in [1.807, 2.05) is 18.2 Å². The molecule has 154 valence electrons. The summed E-state index contributed by atoms with van der Waals surface area (Å²) in [7, 11) is 0. The zero-order valence-corrected chi connectivity index (χ0v) is 16.6. The Balaban J connectivity index is 1.26. The molecule has 5 rings (SSSR count). The first-order chi connectivity index (χ1) is 14.8. The predicted molar refractivity (Wildman–Crippen MR) is 116 cm³/mol. The maximum atomic E-state index is 6.43. The lowest BCUT2D eigenvalue weighted by molar-refractivity contribution is 0.174. The third kappa shape index (κ3) is 3.81. The third-order valence-electron chi connectivity index (χ3n) is 5.42. The first-order valence-corrected chi connectivity index (χ1v) is 10.0. The molecule has 2 aliphatic heterocycles. The summed E-state index contributed by atoms with van der Waals surface area (Å²) >= 11 is 0. The van der Waals surface area contributed by atoms with Gasteiger partial charge in [-0.3, -0.25) is 4.90 Å². The Morgan fingerprint density at radius 1 is 0.933 bits per heavy atom. The van der Waals surface area contributed by atoms with Crippen molar-refractivity contribution in [2.75, 3.05) is 48.9 Å². The van der Waals surface area contributed by atoms with Crippen molar-refractivity contribution in [1.29, 1.82) is 0 Å². The Labute approximate surface area is 175 Å². The van der Waals surface area contributed by atoms with Crippen LogP contribution in [0.5, 0.6) is 11.5 Å². The molecule has 0 atom stereocenters. The summed E-state index contributed by atoms with van der Waals surface area (Å²) < 4.78 is 10.8. The minimum absolute atomic E-state index is 0.245. The quantitative estimate of drug-likeness (QED) is 0.671. The summed E-state index contributed by atoms with van der Waals surface area (Å²) in [5, 5.41) is 3.27. The van der Waals surface area contributed by atoms with Crippen LogP contribution in [-0.2, 0) is 6.54 Å². The number of nitrogens with zero attached hydrogens (tertiary/aromatic N) is 4. The number of piperazine rings is 1. The molecule has 3 aromatic rings. The van der Waals surface area contributed by atoms with Crippen LogP contribution >= 0.6 is 0 Å². The summed E-state index contributed by atoms with van der Waals surface area (Å²) in [5.74, 6) is 2.81. The monoisotopic (exact) mass is 404 g/mol. The van der Waals surface area contributed by atoms with Crippen molar-refractivity contribution in [2.45, 2.75) is 6.54 Å². The van der Waals surface area contributed by atoms with E-state index in [0.29, 0.717) is 17.3 Å². The van der Waals surface area contributed by atoms with Gasteiger partial charge >= 0.3 is 0 Å². The lowest BCUT2D eigenvalue weighted by atomic mass is 10.2. The normalized spacial score (nSPS) is 15.9. The Morgan fingerprint density at radius 2 is 1.73 bits per heavy atom. The van der Waals surface area contributed by atoms with Gasteiger partial charge in [0.15, 0.2) is 23.1 Å². The average molecular weight is 404 g/mol. The third-order valence-corrected chi connectivity index (χ3v) is 5.42. The molecule has 8 heteroatoms. The van der Waals surface area contributed by atoms with E-state index in [0.717, 1.165) is 50.0 Å². The van der Waals surface area contributed by atoms with Crippen LogP contribution in [0.3, 0.4) is 0 Å². The number of nitrogen functional groups attached to an aromatic ring is 1. The molecule has 2 aromatic carbocycles. The second-order valence-electron chi connectivity index (χ2n) is 7.40. The van der Waals surface area contributed by atoms with Gasteiger partial charge in [-0.05, 0) is 17.7 Å². The van der Waals surface area contributed by atoms with E-state index < -0.39 is 0 Å². The molecule has 8 nitrogen and oxygen atoms in total. The molecule has 0 radical (unpaired) electrons. The van der Waals surface area contributed by atoms with Crippen LogP contribution in [0.25, 0.3) is 0 Å². The minimum Gasteiger partial charge on any atom is -0.454 e. The molecular formula is C22H24N6O2. The number of nitrogens with two attached hydrogens (primary N) is 1. The molecule has 0 unspecified atom stereocenters. The number of hydrogen-bond acceptors (Lipinski definition) is 8. The van der Waals surface area contributed by atoms with Gasteiger partial charge in [-0.1, -0.05) is 30.3 Å². The van der Waals surface area contributed by atoms with E-state index in [9.17, 15) is 0 Å². The summed E-state index contributed by atoms with van der Waals surface area (Å²) in [6, 6.07) is 16.2. The minimum atomic E-state index is 0.245. The van der Waals surface area contributed by atoms with Crippen molar-refractivity contribution in [3.8, 4) is 11.5 Å². The van der Waals surface area contributed by atoms with Crippen LogP contribution in [0.4, 0.5) is 23.0 Å². The highest BCUT2D eigenvalue weighted by Gasteiger charge is 2.22. The van der Waals surface area contributed by atoms with Crippen molar-refractivity contribution in [3.05, 3.63) is 60.4 Å². The molecule has 0 saturated carbocycles. The maximum Gasteiger partial charge on any atom is 0.231 e. The fourth-order valence-electron chi connectivity index (χ4n) is 3.81. The van der Waals surface area contributed by atoms with Crippen LogP contribution in [0.2, 0.25) is 0 Å². The molecule has 3 heterocycles. The van der Waals surface area contributed by atoms with Gasteiger partial charge in [0.1, 0.15) is 12.0 Å². The number of aromatic nitrogens is 2. The summed E-state index contributed by atoms with van der Waals surface area (Å²) in [6.07, 6.45) is 1.55. The van der Waals surface area contributed by atoms with E-state index in [-0.39, 0.29) is 6.79 Å². The van der Waals surface area contributed by atoms with Crippen molar-refractivity contribution >= 4 is 23.0 Å².